The van der Waals surface area contributed by atoms with Gasteiger partial charge in [0, 0.05) is 49.8 Å². The fourth-order valence-corrected chi connectivity index (χ4v) is 4.04. The first kappa shape index (κ1) is 33.1. The summed E-state index contributed by atoms with van der Waals surface area (Å²) in [7, 11) is 2.18. The molecular formula is C27H24ClF6N5O4. The second-order valence-electron chi connectivity index (χ2n) is 9.10. The van der Waals surface area contributed by atoms with Gasteiger partial charge in [0.25, 0.3) is 0 Å². The van der Waals surface area contributed by atoms with E-state index in [0.29, 0.717) is 5.15 Å². The summed E-state index contributed by atoms with van der Waals surface area (Å²) in [6.07, 6.45) is -4.51. The number of hydrogen-bond acceptors (Lipinski definition) is 6. The van der Waals surface area contributed by atoms with Crippen LogP contribution in [0.2, 0.25) is 5.15 Å². The van der Waals surface area contributed by atoms with E-state index in [4.69, 9.17) is 31.4 Å². The molecule has 1 aromatic carbocycles. The van der Waals surface area contributed by atoms with Crippen molar-refractivity contribution in [2.75, 3.05) is 38.1 Å². The van der Waals surface area contributed by atoms with Crippen LogP contribution in [0.1, 0.15) is 0 Å². The number of halogens is 7. The molecule has 2 N–H and O–H groups in total. The van der Waals surface area contributed by atoms with Crippen LogP contribution in [0.15, 0.2) is 67.1 Å². The van der Waals surface area contributed by atoms with Crippen LogP contribution in [0.25, 0.3) is 28.0 Å². The Morgan fingerprint density at radius 1 is 0.791 bits per heavy atom. The van der Waals surface area contributed by atoms with Crippen LogP contribution in [0, 0.1) is 0 Å². The molecule has 9 nitrogen and oxygen atoms in total. The van der Waals surface area contributed by atoms with Gasteiger partial charge in [0.2, 0.25) is 0 Å². The van der Waals surface area contributed by atoms with Crippen molar-refractivity contribution in [1.29, 1.82) is 0 Å². The monoisotopic (exact) mass is 631 g/mol. The number of piperazine rings is 1. The maximum Gasteiger partial charge on any atom is 0.490 e. The maximum atomic E-state index is 10.6. The van der Waals surface area contributed by atoms with E-state index in [-0.39, 0.29) is 0 Å². The van der Waals surface area contributed by atoms with Crippen LogP contribution in [0.5, 0.6) is 0 Å². The fourth-order valence-electron chi connectivity index (χ4n) is 3.86. The molecule has 230 valence electrons. The maximum absolute atomic E-state index is 10.6. The summed E-state index contributed by atoms with van der Waals surface area (Å²) in [5.74, 6) is -5.51. The van der Waals surface area contributed by atoms with Gasteiger partial charge in [0.05, 0.1) is 11.9 Å². The lowest BCUT2D eigenvalue weighted by molar-refractivity contribution is -0.193. The van der Waals surface area contributed by atoms with Crippen molar-refractivity contribution in [2.24, 2.45) is 0 Å². The largest absolute Gasteiger partial charge is 0.490 e. The summed E-state index contributed by atoms with van der Waals surface area (Å²) in [6.45, 7) is 4.39. The van der Waals surface area contributed by atoms with E-state index in [1.165, 1.54) is 11.3 Å². The first-order valence-corrected chi connectivity index (χ1v) is 12.7. The summed E-state index contributed by atoms with van der Waals surface area (Å²) in [6, 6.07) is 16.9. The number of nitrogens with zero attached hydrogens (tertiary/aromatic N) is 5. The molecule has 4 heterocycles. The average molecular weight is 632 g/mol. The number of aromatic nitrogens is 3. The van der Waals surface area contributed by atoms with Gasteiger partial charge in [0.1, 0.15) is 10.8 Å². The molecule has 1 fully saturated rings. The van der Waals surface area contributed by atoms with Crippen LogP contribution in [0.3, 0.4) is 0 Å². The number of carboxylic acid groups (broad SMARTS) is 2. The molecule has 3 aromatic heterocycles. The number of benzene rings is 1. The number of carboxylic acids is 2. The highest BCUT2D eigenvalue weighted by molar-refractivity contribution is 6.29. The number of anilines is 1. The topological polar surface area (TPSA) is 111 Å². The fraction of sp³-hybridized carbons (Fsp3) is 0.259. The Balaban J connectivity index is 0.000000303. The third-order valence-corrected chi connectivity index (χ3v) is 6.30. The van der Waals surface area contributed by atoms with E-state index in [2.05, 4.69) is 73.8 Å². The Morgan fingerprint density at radius 2 is 1.35 bits per heavy atom. The molecule has 4 aromatic rings. The van der Waals surface area contributed by atoms with Crippen LogP contribution in [-0.4, -0.2) is 87.0 Å². The predicted molar refractivity (Wildman–Crippen MR) is 146 cm³/mol. The van der Waals surface area contributed by atoms with Crippen LogP contribution in [-0.2, 0) is 9.59 Å². The highest BCUT2D eigenvalue weighted by Gasteiger charge is 2.38. The normalized spacial score (nSPS) is 13.9. The SMILES string of the molecule is CN1CCN(c2ccc(-c3ccn4c(-c5ccnc(Cl)c5)cnc4c3)cc2)CC1.O=C(O)C(F)(F)F.O=C(O)C(F)(F)F. The summed E-state index contributed by atoms with van der Waals surface area (Å²) < 4.78 is 65.5. The Hall–Kier alpha value is -4.37. The number of hydrogen-bond donors (Lipinski definition) is 2. The molecule has 0 unspecified atom stereocenters. The Labute approximate surface area is 245 Å². The van der Waals surface area contributed by atoms with Gasteiger partial charge in [-0.05, 0) is 54.6 Å². The minimum atomic E-state index is -5.08. The molecule has 0 aliphatic carbocycles. The highest BCUT2D eigenvalue weighted by atomic mass is 35.5. The number of alkyl halides is 6. The molecule has 0 spiro atoms. The van der Waals surface area contributed by atoms with Crippen LogP contribution in [0.4, 0.5) is 32.0 Å². The first-order valence-electron chi connectivity index (χ1n) is 12.3. The number of pyridine rings is 2. The van der Waals surface area contributed by atoms with Crippen LogP contribution >= 0.6 is 11.6 Å². The second-order valence-corrected chi connectivity index (χ2v) is 9.48. The van der Waals surface area contributed by atoms with Gasteiger partial charge < -0.3 is 20.0 Å². The number of rotatable bonds is 3. The molecular weight excluding hydrogens is 608 g/mol. The van der Waals surface area contributed by atoms with Crippen molar-refractivity contribution in [1.82, 2.24) is 19.3 Å². The molecule has 0 amide bonds. The van der Waals surface area contributed by atoms with Gasteiger partial charge in [0.15, 0.2) is 0 Å². The van der Waals surface area contributed by atoms with E-state index in [0.717, 1.165) is 48.6 Å². The first-order chi connectivity index (χ1) is 20.1. The summed E-state index contributed by atoms with van der Waals surface area (Å²) in [5, 5.41) is 14.7. The van der Waals surface area contributed by atoms with Crippen molar-refractivity contribution in [3.8, 4) is 22.4 Å². The lowest BCUT2D eigenvalue weighted by Crippen LogP contribution is -2.44. The Bertz CT molecular complexity index is 1530. The molecule has 16 heteroatoms. The Morgan fingerprint density at radius 3 is 1.86 bits per heavy atom. The minimum Gasteiger partial charge on any atom is -0.475 e. The lowest BCUT2D eigenvalue weighted by atomic mass is 10.1. The second kappa shape index (κ2) is 13.7. The van der Waals surface area contributed by atoms with E-state index < -0.39 is 24.3 Å². The number of carbonyl (C=O) groups is 2. The van der Waals surface area contributed by atoms with Crippen molar-refractivity contribution in [3.63, 3.8) is 0 Å². The van der Waals surface area contributed by atoms with Crippen molar-refractivity contribution >= 4 is 34.9 Å². The smallest absolute Gasteiger partial charge is 0.475 e. The van der Waals surface area contributed by atoms with Gasteiger partial charge >= 0.3 is 24.3 Å². The number of aliphatic carboxylic acids is 2. The van der Waals surface area contributed by atoms with Crippen molar-refractivity contribution < 1.29 is 46.1 Å². The highest BCUT2D eigenvalue weighted by Crippen LogP contribution is 2.28. The van der Waals surface area contributed by atoms with Crippen molar-refractivity contribution in [3.05, 3.63) is 72.3 Å². The zero-order valence-electron chi connectivity index (χ0n) is 22.3. The van der Waals surface area contributed by atoms with E-state index in [1.54, 1.807) is 6.20 Å². The molecule has 0 radical (unpaired) electrons. The zero-order chi connectivity index (χ0) is 31.9. The summed E-state index contributed by atoms with van der Waals surface area (Å²) in [4.78, 5) is 31.3. The molecule has 0 saturated carbocycles. The van der Waals surface area contributed by atoms with Gasteiger partial charge in [-0.1, -0.05) is 23.7 Å². The molecule has 43 heavy (non-hydrogen) atoms. The third-order valence-electron chi connectivity index (χ3n) is 6.09. The van der Waals surface area contributed by atoms with Crippen LogP contribution < -0.4 is 4.90 Å². The van der Waals surface area contributed by atoms with E-state index in [1.807, 2.05) is 18.3 Å². The van der Waals surface area contributed by atoms with Gasteiger partial charge in [-0.2, -0.15) is 26.3 Å². The van der Waals surface area contributed by atoms with E-state index >= 15 is 0 Å². The predicted octanol–water partition coefficient (Wildman–Crippen LogP) is 5.74. The minimum absolute atomic E-state index is 0.481. The van der Waals surface area contributed by atoms with Crippen molar-refractivity contribution in [2.45, 2.75) is 12.4 Å². The third kappa shape index (κ3) is 9.31. The van der Waals surface area contributed by atoms with E-state index in [9.17, 15) is 26.3 Å². The number of fused-ring (bicyclic) bond motifs is 1. The standard InChI is InChI=1S/C23H22ClN5.2C2HF3O2/c1-27-10-12-28(13-11-27)20-4-2-17(3-5-20)18-7-9-29-21(16-26-23(29)15-18)19-6-8-25-22(24)14-19;2*3-2(4,5)1(6)7/h2-9,14-16H,10-13H2,1H3;2*(H,6,7). The van der Waals surface area contributed by atoms with Gasteiger partial charge in [-0.25, -0.2) is 19.6 Å². The zero-order valence-corrected chi connectivity index (χ0v) is 23.0. The molecule has 1 aliphatic rings. The van der Waals surface area contributed by atoms with Gasteiger partial charge in [-0.15, -0.1) is 0 Å². The number of likely N-dealkylation sites (N-methyl/N-ethyl adjacent to an activating group) is 1. The average Bonchev–Trinajstić information content (AvgIpc) is 3.37. The molecule has 1 saturated heterocycles. The lowest BCUT2D eigenvalue weighted by Gasteiger charge is -2.34. The molecule has 1 aliphatic heterocycles. The quantitative estimate of drug-likeness (QED) is 0.218. The Kier molecular flexibility index (Phi) is 10.6. The summed E-state index contributed by atoms with van der Waals surface area (Å²) >= 11 is 6.05. The molecule has 5 rings (SSSR count). The molecule has 0 bridgehead atoms. The number of imidazole rings is 1. The van der Waals surface area contributed by atoms with Gasteiger partial charge in [-0.3, -0.25) is 4.40 Å². The molecule has 0 atom stereocenters. The summed E-state index contributed by atoms with van der Waals surface area (Å²) in [5.41, 5.74) is 6.56.